The van der Waals surface area contributed by atoms with Crippen LogP contribution in [0.4, 0.5) is 11.4 Å². The lowest BCUT2D eigenvalue weighted by Crippen LogP contribution is -2.17. The number of nitro groups is 1. The number of carbonyl (C=O) groups is 1. The number of nitro benzene ring substituents is 1. The van der Waals surface area contributed by atoms with E-state index in [0.717, 1.165) is 0 Å². The van der Waals surface area contributed by atoms with Crippen molar-refractivity contribution >= 4 is 29.0 Å². The van der Waals surface area contributed by atoms with Gasteiger partial charge in [-0.3, -0.25) is 14.9 Å². The van der Waals surface area contributed by atoms with Crippen molar-refractivity contribution in [3.05, 3.63) is 64.7 Å². The molecule has 0 fully saturated rings. The molecule has 0 atom stereocenters. The number of rotatable bonds is 6. The van der Waals surface area contributed by atoms with Crippen LogP contribution in [-0.2, 0) is 4.79 Å². The zero-order chi connectivity index (χ0) is 20.9. The molecular formula is C20H16N4O5S. The molecule has 1 aliphatic rings. The zero-order valence-corrected chi connectivity index (χ0v) is 16.4. The summed E-state index contributed by atoms with van der Waals surface area (Å²) in [4.78, 5) is 22.7. The van der Waals surface area contributed by atoms with Crippen molar-refractivity contribution in [3.8, 4) is 22.8 Å². The predicted molar refractivity (Wildman–Crippen MR) is 111 cm³/mol. The van der Waals surface area contributed by atoms with Crippen LogP contribution in [0.15, 0.2) is 59.6 Å². The summed E-state index contributed by atoms with van der Waals surface area (Å²) in [5, 5.41) is 22.5. The number of anilines is 1. The van der Waals surface area contributed by atoms with Crippen LogP contribution < -0.4 is 14.8 Å². The molecule has 1 amide bonds. The Labute approximate surface area is 175 Å². The number of hydrogen-bond donors (Lipinski definition) is 1. The summed E-state index contributed by atoms with van der Waals surface area (Å²) in [6, 6.07) is 14.9. The zero-order valence-electron chi connectivity index (χ0n) is 15.6. The van der Waals surface area contributed by atoms with Gasteiger partial charge in [0.25, 0.3) is 5.69 Å². The minimum absolute atomic E-state index is 0.0106. The largest absolute Gasteiger partial charge is 0.486 e. The first-order chi connectivity index (χ1) is 14.6. The minimum Gasteiger partial charge on any atom is -0.486 e. The molecule has 2 heterocycles. The van der Waals surface area contributed by atoms with E-state index in [1.807, 2.05) is 0 Å². The van der Waals surface area contributed by atoms with Crippen molar-refractivity contribution in [2.45, 2.75) is 5.03 Å². The van der Waals surface area contributed by atoms with Crippen molar-refractivity contribution in [2.75, 3.05) is 24.3 Å². The smallest absolute Gasteiger partial charge is 0.270 e. The van der Waals surface area contributed by atoms with Gasteiger partial charge >= 0.3 is 0 Å². The van der Waals surface area contributed by atoms with Crippen LogP contribution in [0, 0.1) is 10.1 Å². The van der Waals surface area contributed by atoms with Gasteiger partial charge in [-0.15, -0.1) is 10.2 Å². The number of fused-ring (bicyclic) bond motifs is 1. The quantitative estimate of drug-likeness (QED) is 0.363. The molecule has 4 rings (SSSR count). The Morgan fingerprint density at radius 3 is 2.67 bits per heavy atom. The number of hydrogen-bond acceptors (Lipinski definition) is 8. The summed E-state index contributed by atoms with van der Waals surface area (Å²) < 4.78 is 11.0. The summed E-state index contributed by atoms with van der Waals surface area (Å²) in [6.45, 7) is 0.988. The van der Waals surface area contributed by atoms with Gasteiger partial charge < -0.3 is 14.8 Å². The third-order valence-corrected chi connectivity index (χ3v) is 5.09. The van der Waals surface area contributed by atoms with Crippen LogP contribution in [-0.4, -0.2) is 40.0 Å². The number of nitrogens with one attached hydrogen (secondary N) is 1. The van der Waals surface area contributed by atoms with E-state index >= 15 is 0 Å². The molecule has 0 saturated carbocycles. The van der Waals surface area contributed by atoms with Gasteiger partial charge in [-0.05, 0) is 24.3 Å². The molecule has 1 N–H and O–H groups in total. The fourth-order valence-electron chi connectivity index (χ4n) is 2.79. The molecule has 0 bridgehead atoms. The van der Waals surface area contributed by atoms with Crippen LogP contribution in [0.1, 0.15) is 0 Å². The highest BCUT2D eigenvalue weighted by atomic mass is 32.2. The van der Waals surface area contributed by atoms with Gasteiger partial charge in [-0.25, -0.2) is 0 Å². The molecule has 0 spiro atoms. The van der Waals surface area contributed by atoms with Crippen molar-refractivity contribution < 1.29 is 19.2 Å². The van der Waals surface area contributed by atoms with Crippen LogP contribution in [0.2, 0.25) is 0 Å². The Morgan fingerprint density at radius 2 is 1.90 bits per heavy atom. The Bertz CT molecular complexity index is 1090. The number of ether oxygens (including phenoxy) is 2. The van der Waals surface area contributed by atoms with Gasteiger partial charge in [0.1, 0.15) is 18.2 Å². The molecule has 2 aromatic carbocycles. The maximum atomic E-state index is 12.2. The maximum absolute atomic E-state index is 12.2. The molecule has 0 saturated heterocycles. The molecule has 9 nitrogen and oxygen atoms in total. The molecule has 0 unspecified atom stereocenters. The molecular weight excluding hydrogens is 408 g/mol. The van der Waals surface area contributed by atoms with Crippen molar-refractivity contribution in [1.29, 1.82) is 0 Å². The lowest BCUT2D eigenvalue weighted by molar-refractivity contribution is -0.384. The fourth-order valence-corrected chi connectivity index (χ4v) is 3.40. The molecule has 0 radical (unpaired) electrons. The van der Waals surface area contributed by atoms with Crippen LogP contribution in [0.3, 0.4) is 0 Å². The summed E-state index contributed by atoms with van der Waals surface area (Å²) in [7, 11) is 0. The van der Waals surface area contributed by atoms with Gasteiger partial charge in [-0.1, -0.05) is 23.9 Å². The summed E-state index contributed by atoms with van der Waals surface area (Å²) >= 11 is 1.24. The highest BCUT2D eigenvalue weighted by molar-refractivity contribution is 7.99. The van der Waals surface area contributed by atoms with Gasteiger partial charge in [0.15, 0.2) is 11.5 Å². The Balaban J connectivity index is 1.34. The van der Waals surface area contributed by atoms with Crippen LogP contribution in [0.5, 0.6) is 11.5 Å². The molecule has 3 aromatic rings. The summed E-state index contributed by atoms with van der Waals surface area (Å²) in [6.07, 6.45) is 0. The van der Waals surface area contributed by atoms with Gasteiger partial charge in [0.2, 0.25) is 5.91 Å². The Hall–Kier alpha value is -3.66. The second-order valence-electron chi connectivity index (χ2n) is 6.26. The molecule has 152 valence electrons. The number of aromatic nitrogens is 2. The lowest BCUT2D eigenvalue weighted by atomic mass is 10.1. The SMILES string of the molecule is O=C(CSc1ccc(-c2cccc([N+](=O)[O-])c2)nn1)Nc1ccc2c(c1)OCCO2. The van der Waals surface area contributed by atoms with Crippen molar-refractivity contribution in [3.63, 3.8) is 0 Å². The highest BCUT2D eigenvalue weighted by Crippen LogP contribution is 2.32. The van der Waals surface area contributed by atoms with Gasteiger partial charge in [0, 0.05) is 29.4 Å². The molecule has 1 aromatic heterocycles. The van der Waals surface area contributed by atoms with Crippen LogP contribution in [0.25, 0.3) is 11.3 Å². The number of non-ortho nitro benzene ring substituents is 1. The van der Waals surface area contributed by atoms with E-state index in [1.165, 1.54) is 23.9 Å². The highest BCUT2D eigenvalue weighted by Gasteiger charge is 2.13. The van der Waals surface area contributed by atoms with E-state index < -0.39 is 4.92 Å². The maximum Gasteiger partial charge on any atom is 0.270 e. The van der Waals surface area contributed by atoms with Gasteiger partial charge in [-0.2, -0.15) is 0 Å². The van der Waals surface area contributed by atoms with Gasteiger partial charge in [0.05, 0.1) is 16.4 Å². The predicted octanol–water partition coefficient (Wildman–Crippen LogP) is 3.55. The monoisotopic (exact) mass is 424 g/mol. The Kier molecular flexibility index (Phi) is 5.75. The number of thioether (sulfide) groups is 1. The van der Waals surface area contributed by atoms with E-state index in [0.29, 0.717) is 46.7 Å². The number of nitrogens with zero attached hydrogens (tertiary/aromatic N) is 3. The van der Waals surface area contributed by atoms with Crippen molar-refractivity contribution in [1.82, 2.24) is 10.2 Å². The molecule has 1 aliphatic heterocycles. The lowest BCUT2D eigenvalue weighted by Gasteiger charge is -2.18. The first-order valence-corrected chi connectivity index (χ1v) is 9.98. The molecule has 10 heteroatoms. The van der Waals surface area contributed by atoms with Crippen LogP contribution >= 0.6 is 11.8 Å². The van der Waals surface area contributed by atoms with E-state index in [1.54, 1.807) is 42.5 Å². The summed E-state index contributed by atoms with van der Waals surface area (Å²) in [5.74, 6) is 1.22. The standard InChI is InChI=1S/C20H16N4O5S/c25-19(21-14-4-6-17-18(11-14)29-9-8-28-17)12-30-20-7-5-16(22-23-20)13-2-1-3-15(10-13)24(26)27/h1-7,10-11H,8-9,12H2,(H,21,25). The molecule has 30 heavy (non-hydrogen) atoms. The van der Waals surface area contributed by atoms with E-state index in [9.17, 15) is 14.9 Å². The molecule has 0 aliphatic carbocycles. The second-order valence-corrected chi connectivity index (χ2v) is 7.26. The Morgan fingerprint density at radius 1 is 1.07 bits per heavy atom. The second kappa shape index (κ2) is 8.78. The number of benzene rings is 2. The number of amides is 1. The first-order valence-electron chi connectivity index (χ1n) is 8.99. The van der Waals surface area contributed by atoms with Crippen molar-refractivity contribution in [2.24, 2.45) is 0 Å². The topological polar surface area (TPSA) is 116 Å². The normalized spacial score (nSPS) is 12.3. The fraction of sp³-hybridized carbons (Fsp3) is 0.150. The van der Waals surface area contributed by atoms with E-state index in [4.69, 9.17) is 9.47 Å². The minimum atomic E-state index is -0.457. The number of carbonyl (C=O) groups excluding carboxylic acids is 1. The average molecular weight is 424 g/mol. The third kappa shape index (κ3) is 4.66. The average Bonchev–Trinajstić information content (AvgIpc) is 2.78. The van der Waals surface area contributed by atoms with E-state index in [-0.39, 0.29) is 17.3 Å². The van der Waals surface area contributed by atoms with E-state index in [2.05, 4.69) is 15.5 Å². The first kappa shape index (κ1) is 19.6. The third-order valence-electron chi connectivity index (χ3n) is 4.17. The summed E-state index contributed by atoms with van der Waals surface area (Å²) in [5.41, 5.74) is 1.73.